The largest absolute Gasteiger partial charge is 0.381 e. The van der Waals surface area contributed by atoms with E-state index >= 15 is 0 Å². The van der Waals surface area contributed by atoms with Crippen LogP contribution in [0.15, 0.2) is 24.3 Å². The zero-order valence-corrected chi connectivity index (χ0v) is 9.79. The van der Waals surface area contributed by atoms with Crippen LogP contribution in [0.5, 0.6) is 0 Å². The molecule has 0 amide bonds. The second kappa shape index (κ2) is 7.36. The van der Waals surface area contributed by atoms with E-state index in [0.717, 1.165) is 31.4 Å². The first-order valence-corrected chi connectivity index (χ1v) is 5.83. The molecule has 2 nitrogen and oxygen atoms in total. The molecule has 1 rings (SSSR count). The van der Waals surface area contributed by atoms with Crippen LogP contribution in [-0.2, 0) is 4.74 Å². The van der Waals surface area contributed by atoms with E-state index < -0.39 is 0 Å². The molecule has 1 unspecified atom stereocenters. The lowest BCUT2D eigenvalue weighted by atomic mass is 10.1. The molecule has 1 aromatic carbocycles. The lowest BCUT2D eigenvalue weighted by molar-refractivity contribution is 0.124. The second-order valence-electron chi connectivity index (χ2n) is 3.92. The first-order valence-electron chi connectivity index (χ1n) is 5.83. The van der Waals surface area contributed by atoms with Crippen LogP contribution in [0.2, 0.25) is 0 Å². The van der Waals surface area contributed by atoms with Crippen molar-refractivity contribution in [3.05, 3.63) is 35.6 Å². The van der Waals surface area contributed by atoms with Crippen molar-refractivity contribution < 1.29 is 9.13 Å². The molecule has 0 aliphatic carbocycles. The van der Waals surface area contributed by atoms with Crippen LogP contribution in [-0.4, -0.2) is 13.2 Å². The van der Waals surface area contributed by atoms with E-state index in [1.807, 2.05) is 6.07 Å². The molecule has 2 N–H and O–H groups in total. The van der Waals surface area contributed by atoms with Gasteiger partial charge in [0, 0.05) is 19.3 Å². The van der Waals surface area contributed by atoms with Crippen molar-refractivity contribution in [1.29, 1.82) is 0 Å². The van der Waals surface area contributed by atoms with Gasteiger partial charge in [0.15, 0.2) is 0 Å². The molecule has 0 fully saturated rings. The minimum absolute atomic E-state index is 0.141. The summed E-state index contributed by atoms with van der Waals surface area (Å²) < 4.78 is 18.4. The first kappa shape index (κ1) is 13.1. The summed E-state index contributed by atoms with van der Waals surface area (Å²) in [5, 5.41) is 0. The fraction of sp³-hybridized carbons (Fsp3) is 0.538. The Morgan fingerprint density at radius 2 is 2.19 bits per heavy atom. The normalized spacial score (nSPS) is 12.7. The van der Waals surface area contributed by atoms with E-state index in [9.17, 15) is 4.39 Å². The Kier molecular flexibility index (Phi) is 6.04. The van der Waals surface area contributed by atoms with Crippen LogP contribution >= 0.6 is 0 Å². The number of nitrogens with two attached hydrogens (primary N) is 1. The number of unbranched alkanes of at least 4 members (excludes halogenated alkanes) is 1. The smallest absolute Gasteiger partial charge is 0.123 e. The van der Waals surface area contributed by atoms with Gasteiger partial charge in [-0.3, -0.25) is 0 Å². The number of hydrogen-bond acceptors (Lipinski definition) is 2. The van der Waals surface area contributed by atoms with E-state index in [1.54, 1.807) is 6.07 Å². The van der Waals surface area contributed by atoms with Crippen LogP contribution in [0, 0.1) is 5.82 Å². The zero-order valence-electron chi connectivity index (χ0n) is 9.79. The summed E-state index contributed by atoms with van der Waals surface area (Å²) in [6.07, 6.45) is 2.94. The molecule has 0 spiro atoms. The average Bonchev–Trinajstić information content (AvgIpc) is 2.28. The summed E-state index contributed by atoms with van der Waals surface area (Å²) in [4.78, 5) is 0. The van der Waals surface area contributed by atoms with Crippen molar-refractivity contribution in [3.8, 4) is 0 Å². The molecule has 0 aliphatic rings. The molecule has 16 heavy (non-hydrogen) atoms. The molecule has 3 heteroatoms. The van der Waals surface area contributed by atoms with Crippen molar-refractivity contribution in [2.45, 2.75) is 32.2 Å². The van der Waals surface area contributed by atoms with Gasteiger partial charge in [-0.1, -0.05) is 25.5 Å². The fourth-order valence-corrected chi connectivity index (χ4v) is 1.46. The zero-order chi connectivity index (χ0) is 11.8. The SMILES string of the molecule is CCCCOCCC(N)c1cccc(F)c1. The Hall–Kier alpha value is -0.930. The number of halogens is 1. The van der Waals surface area contributed by atoms with Crippen LogP contribution in [0.1, 0.15) is 37.8 Å². The molecule has 1 aromatic rings. The van der Waals surface area contributed by atoms with Gasteiger partial charge < -0.3 is 10.5 Å². The maximum atomic E-state index is 12.9. The number of rotatable bonds is 7. The van der Waals surface area contributed by atoms with Gasteiger partial charge in [-0.15, -0.1) is 0 Å². The summed E-state index contributed by atoms with van der Waals surface area (Å²) >= 11 is 0. The third kappa shape index (κ3) is 4.73. The van der Waals surface area contributed by atoms with Gasteiger partial charge in [0.25, 0.3) is 0 Å². The highest BCUT2D eigenvalue weighted by Gasteiger charge is 2.06. The maximum Gasteiger partial charge on any atom is 0.123 e. The van der Waals surface area contributed by atoms with E-state index in [0.29, 0.717) is 6.61 Å². The van der Waals surface area contributed by atoms with Crippen molar-refractivity contribution in [2.24, 2.45) is 5.73 Å². The van der Waals surface area contributed by atoms with E-state index in [-0.39, 0.29) is 11.9 Å². The molecular weight excluding hydrogens is 205 g/mol. The van der Waals surface area contributed by atoms with Gasteiger partial charge in [-0.25, -0.2) is 4.39 Å². The Bertz CT molecular complexity index is 304. The van der Waals surface area contributed by atoms with Crippen LogP contribution in [0.3, 0.4) is 0 Å². The summed E-state index contributed by atoms with van der Waals surface area (Å²) in [6.45, 7) is 3.55. The highest BCUT2D eigenvalue weighted by Crippen LogP contribution is 2.14. The highest BCUT2D eigenvalue weighted by molar-refractivity contribution is 5.19. The lowest BCUT2D eigenvalue weighted by Gasteiger charge is -2.12. The molecule has 90 valence electrons. The summed E-state index contributed by atoms with van der Waals surface area (Å²) in [7, 11) is 0. The van der Waals surface area contributed by atoms with Crippen molar-refractivity contribution in [2.75, 3.05) is 13.2 Å². The van der Waals surface area contributed by atoms with Gasteiger partial charge in [-0.2, -0.15) is 0 Å². The number of benzene rings is 1. The summed E-state index contributed by atoms with van der Waals surface area (Å²) in [5.74, 6) is -0.236. The maximum absolute atomic E-state index is 12.9. The Morgan fingerprint density at radius 1 is 1.38 bits per heavy atom. The average molecular weight is 225 g/mol. The highest BCUT2D eigenvalue weighted by atomic mass is 19.1. The predicted molar refractivity (Wildman–Crippen MR) is 63.7 cm³/mol. The van der Waals surface area contributed by atoms with Crippen LogP contribution in [0.25, 0.3) is 0 Å². The van der Waals surface area contributed by atoms with Gasteiger partial charge in [0.05, 0.1) is 0 Å². The Balaban J connectivity index is 2.27. The van der Waals surface area contributed by atoms with E-state index in [1.165, 1.54) is 12.1 Å². The third-order valence-corrected chi connectivity index (χ3v) is 2.49. The van der Waals surface area contributed by atoms with Crippen molar-refractivity contribution in [1.82, 2.24) is 0 Å². The van der Waals surface area contributed by atoms with Gasteiger partial charge in [0.1, 0.15) is 5.82 Å². The minimum atomic E-state index is -0.236. The van der Waals surface area contributed by atoms with Crippen LogP contribution in [0.4, 0.5) is 4.39 Å². The Labute approximate surface area is 96.6 Å². The van der Waals surface area contributed by atoms with Gasteiger partial charge >= 0.3 is 0 Å². The van der Waals surface area contributed by atoms with Gasteiger partial charge in [0.2, 0.25) is 0 Å². The van der Waals surface area contributed by atoms with Crippen molar-refractivity contribution in [3.63, 3.8) is 0 Å². The topological polar surface area (TPSA) is 35.2 Å². The lowest BCUT2D eigenvalue weighted by Crippen LogP contribution is -2.13. The molecule has 0 radical (unpaired) electrons. The van der Waals surface area contributed by atoms with Crippen LogP contribution < -0.4 is 5.73 Å². The molecular formula is C13H20FNO. The minimum Gasteiger partial charge on any atom is -0.381 e. The van der Waals surface area contributed by atoms with E-state index in [4.69, 9.17) is 10.5 Å². The predicted octanol–water partition coefficient (Wildman–Crippen LogP) is 3.03. The third-order valence-electron chi connectivity index (χ3n) is 2.49. The quantitative estimate of drug-likeness (QED) is 0.724. The van der Waals surface area contributed by atoms with E-state index in [2.05, 4.69) is 6.92 Å². The summed E-state index contributed by atoms with van der Waals surface area (Å²) in [6, 6.07) is 6.30. The molecule has 0 aromatic heterocycles. The number of hydrogen-bond donors (Lipinski definition) is 1. The molecule has 0 aliphatic heterocycles. The molecule has 0 heterocycles. The number of ether oxygens (including phenoxy) is 1. The molecule has 0 saturated heterocycles. The molecule has 1 atom stereocenters. The Morgan fingerprint density at radius 3 is 2.88 bits per heavy atom. The van der Waals surface area contributed by atoms with Gasteiger partial charge in [-0.05, 0) is 30.5 Å². The second-order valence-corrected chi connectivity index (χ2v) is 3.92. The monoisotopic (exact) mass is 225 g/mol. The molecule has 0 bridgehead atoms. The first-order chi connectivity index (χ1) is 7.74. The standard InChI is InChI=1S/C13H20FNO/c1-2-3-8-16-9-7-13(15)11-5-4-6-12(14)10-11/h4-6,10,13H,2-3,7-9,15H2,1H3. The fourth-order valence-electron chi connectivity index (χ4n) is 1.46. The molecule has 0 saturated carbocycles. The van der Waals surface area contributed by atoms with Crippen molar-refractivity contribution >= 4 is 0 Å². The summed E-state index contributed by atoms with van der Waals surface area (Å²) in [5.41, 5.74) is 6.76.